The minimum atomic E-state index is 0.385. The van der Waals surface area contributed by atoms with Crippen LogP contribution in [0, 0.1) is 11.3 Å². The van der Waals surface area contributed by atoms with Crippen molar-refractivity contribution in [3.8, 4) is 0 Å². The molecule has 0 amide bonds. The highest BCUT2D eigenvalue weighted by atomic mass is 35.5. The Labute approximate surface area is 82.7 Å². The maximum atomic E-state index is 5.92. The van der Waals surface area contributed by atoms with E-state index in [0.29, 0.717) is 5.41 Å². The molecular formula is C11H23Cl. The number of halogens is 1. The fourth-order valence-corrected chi connectivity index (χ4v) is 1.60. The van der Waals surface area contributed by atoms with Crippen LogP contribution in [0.3, 0.4) is 0 Å². The van der Waals surface area contributed by atoms with Crippen LogP contribution in [0.25, 0.3) is 0 Å². The summed E-state index contributed by atoms with van der Waals surface area (Å²) in [5, 5.41) is 0. The van der Waals surface area contributed by atoms with Crippen LogP contribution in [0.5, 0.6) is 0 Å². The molecule has 74 valence electrons. The van der Waals surface area contributed by atoms with Gasteiger partial charge in [-0.05, 0) is 24.2 Å². The van der Waals surface area contributed by atoms with Gasteiger partial charge in [-0.3, -0.25) is 0 Å². The summed E-state index contributed by atoms with van der Waals surface area (Å²) in [5.41, 5.74) is 0.385. The van der Waals surface area contributed by atoms with Crippen LogP contribution in [0.1, 0.15) is 53.4 Å². The van der Waals surface area contributed by atoms with Crippen molar-refractivity contribution in [3.63, 3.8) is 0 Å². The zero-order valence-electron chi connectivity index (χ0n) is 8.99. The van der Waals surface area contributed by atoms with Crippen molar-refractivity contribution in [1.29, 1.82) is 0 Å². The van der Waals surface area contributed by atoms with Crippen molar-refractivity contribution in [2.75, 3.05) is 5.88 Å². The molecule has 0 aromatic heterocycles. The molecule has 0 saturated heterocycles. The van der Waals surface area contributed by atoms with Crippen LogP contribution >= 0.6 is 11.6 Å². The largest absolute Gasteiger partial charge is 0.126 e. The third-order valence-electron chi connectivity index (χ3n) is 2.74. The normalized spacial score (nSPS) is 16.5. The molecule has 0 aliphatic rings. The van der Waals surface area contributed by atoms with Crippen LogP contribution in [0.4, 0.5) is 0 Å². The van der Waals surface area contributed by atoms with E-state index in [2.05, 4.69) is 27.7 Å². The summed E-state index contributed by atoms with van der Waals surface area (Å²) in [4.78, 5) is 0. The third kappa shape index (κ3) is 5.03. The van der Waals surface area contributed by atoms with E-state index in [0.717, 1.165) is 11.8 Å². The first-order valence-corrected chi connectivity index (χ1v) is 5.63. The van der Waals surface area contributed by atoms with Crippen molar-refractivity contribution >= 4 is 11.6 Å². The number of rotatable bonds is 6. The Morgan fingerprint density at radius 2 is 1.92 bits per heavy atom. The average molecular weight is 191 g/mol. The number of alkyl halides is 1. The Morgan fingerprint density at radius 3 is 2.25 bits per heavy atom. The third-order valence-corrected chi connectivity index (χ3v) is 3.38. The van der Waals surface area contributed by atoms with Gasteiger partial charge in [-0.15, -0.1) is 11.6 Å². The lowest BCUT2D eigenvalue weighted by Crippen LogP contribution is -2.17. The van der Waals surface area contributed by atoms with Gasteiger partial charge >= 0.3 is 0 Å². The molecular weight excluding hydrogens is 168 g/mol. The summed E-state index contributed by atoms with van der Waals surface area (Å²) in [6, 6.07) is 0. The molecule has 1 unspecified atom stereocenters. The minimum Gasteiger partial charge on any atom is -0.126 e. The van der Waals surface area contributed by atoms with E-state index in [1.165, 1.54) is 25.7 Å². The predicted molar refractivity (Wildman–Crippen MR) is 57.8 cm³/mol. The second-order valence-electron chi connectivity index (χ2n) is 4.58. The summed E-state index contributed by atoms with van der Waals surface area (Å²) >= 11 is 5.92. The number of hydrogen-bond donors (Lipinski definition) is 0. The molecule has 0 aliphatic heterocycles. The Kier molecular flexibility index (Phi) is 6.00. The van der Waals surface area contributed by atoms with Crippen LogP contribution < -0.4 is 0 Å². The molecule has 0 N–H and O–H groups in total. The molecule has 1 atom stereocenters. The van der Waals surface area contributed by atoms with Crippen LogP contribution in [-0.2, 0) is 0 Å². The molecule has 0 heterocycles. The molecule has 0 bridgehead atoms. The van der Waals surface area contributed by atoms with Crippen LogP contribution in [-0.4, -0.2) is 5.88 Å². The highest BCUT2D eigenvalue weighted by Gasteiger charge is 2.19. The van der Waals surface area contributed by atoms with E-state index in [1.54, 1.807) is 0 Å². The Bertz CT molecular complexity index is 104. The van der Waals surface area contributed by atoms with Crippen molar-refractivity contribution in [2.24, 2.45) is 11.3 Å². The zero-order chi connectivity index (χ0) is 9.61. The minimum absolute atomic E-state index is 0.385. The molecule has 0 fully saturated rings. The molecule has 0 aliphatic carbocycles. The van der Waals surface area contributed by atoms with Gasteiger partial charge in [0.1, 0.15) is 0 Å². The van der Waals surface area contributed by atoms with E-state index < -0.39 is 0 Å². The summed E-state index contributed by atoms with van der Waals surface area (Å²) in [6.07, 6.45) is 5.15. The number of hydrogen-bond acceptors (Lipinski definition) is 0. The van der Waals surface area contributed by atoms with Crippen LogP contribution in [0.15, 0.2) is 0 Å². The summed E-state index contributed by atoms with van der Waals surface area (Å²) in [5.74, 6) is 1.64. The smallest absolute Gasteiger partial charge is 0.0277 e. The molecule has 0 aromatic carbocycles. The van der Waals surface area contributed by atoms with Gasteiger partial charge in [0.15, 0.2) is 0 Å². The maximum absolute atomic E-state index is 5.92. The average Bonchev–Trinajstić information content (AvgIpc) is 2.03. The van der Waals surface area contributed by atoms with Gasteiger partial charge in [0.05, 0.1) is 0 Å². The molecule has 1 heteroatoms. The van der Waals surface area contributed by atoms with Gasteiger partial charge in [-0.2, -0.15) is 0 Å². The molecule has 0 rings (SSSR count). The predicted octanol–water partition coefficient (Wildman–Crippen LogP) is 4.47. The first-order valence-electron chi connectivity index (χ1n) is 5.10. The maximum Gasteiger partial charge on any atom is 0.0277 e. The van der Waals surface area contributed by atoms with E-state index in [4.69, 9.17) is 11.6 Å². The molecule has 0 spiro atoms. The summed E-state index contributed by atoms with van der Waals surface area (Å²) in [6.45, 7) is 9.09. The Morgan fingerprint density at radius 1 is 1.33 bits per heavy atom. The molecule has 0 aromatic rings. The SMILES string of the molecule is CCC(C)(CCl)CCCC(C)C. The van der Waals surface area contributed by atoms with Crippen LogP contribution in [0.2, 0.25) is 0 Å². The van der Waals surface area contributed by atoms with Gasteiger partial charge in [-0.25, -0.2) is 0 Å². The quantitative estimate of drug-likeness (QED) is 0.543. The van der Waals surface area contributed by atoms with Gasteiger partial charge in [0.25, 0.3) is 0 Å². The van der Waals surface area contributed by atoms with E-state index in [1.807, 2.05) is 0 Å². The van der Waals surface area contributed by atoms with Crippen molar-refractivity contribution in [1.82, 2.24) is 0 Å². The molecule has 0 saturated carbocycles. The first-order chi connectivity index (χ1) is 5.54. The molecule has 0 radical (unpaired) electrons. The molecule has 0 nitrogen and oxygen atoms in total. The second kappa shape index (κ2) is 5.85. The zero-order valence-corrected chi connectivity index (χ0v) is 9.75. The highest BCUT2D eigenvalue weighted by Crippen LogP contribution is 2.29. The van der Waals surface area contributed by atoms with E-state index in [9.17, 15) is 0 Å². The van der Waals surface area contributed by atoms with E-state index >= 15 is 0 Å². The lowest BCUT2D eigenvalue weighted by Gasteiger charge is -2.25. The van der Waals surface area contributed by atoms with Gasteiger partial charge in [0, 0.05) is 5.88 Å². The lowest BCUT2D eigenvalue weighted by molar-refractivity contribution is 0.306. The molecule has 12 heavy (non-hydrogen) atoms. The van der Waals surface area contributed by atoms with Gasteiger partial charge in [-0.1, -0.05) is 40.5 Å². The van der Waals surface area contributed by atoms with Crippen molar-refractivity contribution in [3.05, 3.63) is 0 Å². The fourth-order valence-electron chi connectivity index (χ4n) is 1.28. The fraction of sp³-hybridized carbons (Fsp3) is 1.00. The summed E-state index contributed by atoms with van der Waals surface area (Å²) < 4.78 is 0. The Balaban J connectivity index is 3.58. The standard InChI is InChI=1S/C11H23Cl/c1-5-11(4,9-12)8-6-7-10(2)3/h10H,5-9H2,1-4H3. The van der Waals surface area contributed by atoms with Gasteiger partial charge in [0.2, 0.25) is 0 Å². The highest BCUT2D eigenvalue weighted by molar-refractivity contribution is 6.18. The summed E-state index contributed by atoms with van der Waals surface area (Å²) in [7, 11) is 0. The monoisotopic (exact) mass is 190 g/mol. The van der Waals surface area contributed by atoms with Crippen molar-refractivity contribution < 1.29 is 0 Å². The van der Waals surface area contributed by atoms with Gasteiger partial charge < -0.3 is 0 Å². The lowest BCUT2D eigenvalue weighted by atomic mass is 9.83. The van der Waals surface area contributed by atoms with E-state index in [-0.39, 0.29) is 0 Å². The van der Waals surface area contributed by atoms with Crippen molar-refractivity contribution in [2.45, 2.75) is 53.4 Å². The first kappa shape index (κ1) is 12.3. The second-order valence-corrected chi connectivity index (χ2v) is 4.85. The Hall–Kier alpha value is 0.290. The topological polar surface area (TPSA) is 0 Å².